The summed E-state index contributed by atoms with van der Waals surface area (Å²) in [5, 5.41) is 74.6. The number of carbonyl (C=O) groups is 2. The van der Waals surface area contributed by atoms with Crippen molar-refractivity contribution in [1.29, 1.82) is 0 Å². The standard InChI is InChI=1S/C52H86O14/c1-9-10-11-12-13-14-15-16-27-62-43(60)42-39(57)38(56)41(59)45(65-42)64-35-20-21-49(6)33(48(35,4)5)19-22-51(8)34(49)18-17-30-31-28-47(2,3)23-25-52(31,26-24-50(30,51)7)46(61)66-44-40(58)37(55)36(54)32(29-53)63-44/h17,31-42,44-45,53-59H,9-16,18-29H2,1-8H3/t31?,32-,33?,34?,35+,36-,37-,38-,39+,40-,41-,42+,44+,45-,49+,50?,51-,52+/m1/s1. The van der Waals surface area contributed by atoms with Crippen molar-refractivity contribution in [3.8, 4) is 0 Å². The van der Waals surface area contributed by atoms with Crippen molar-refractivity contribution in [3.05, 3.63) is 11.6 Å². The van der Waals surface area contributed by atoms with Crippen LogP contribution in [0, 0.1) is 50.2 Å². The number of rotatable bonds is 15. The molecule has 4 saturated carbocycles. The SMILES string of the molecule is CCCCCCCCCCOC(=O)[C@H]1O[C@@H](O[C@H]2CC[C@@]3(C)C(CC[C@]4(C)C3CC=C3C5CC(C)(C)CC[C@]5(C(=O)O[C@@H]5O[C@H](CO)[C@@H](O)[C@@H](O)[C@H]5O)CCC34C)C2(C)C)[C@H](O)[C@H](O)[C@@H]1O. The third-order valence-electron chi connectivity index (χ3n) is 19.4. The number of unbranched alkanes of at least 4 members (excludes halogenated alkanes) is 7. The summed E-state index contributed by atoms with van der Waals surface area (Å²) in [6, 6.07) is 0. The second kappa shape index (κ2) is 19.8. The molecule has 0 radical (unpaired) electrons. The van der Waals surface area contributed by atoms with Crippen molar-refractivity contribution in [1.82, 2.24) is 0 Å². The van der Waals surface area contributed by atoms with Crippen molar-refractivity contribution in [2.24, 2.45) is 50.2 Å². The zero-order chi connectivity index (χ0) is 48.2. The lowest BCUT2D eigenvalue weighted by molar-refractivity contribution is -0.324. The molecule has 4 unspecified atom stereocenters. The maximum Gasteiger partial charge on any atom is 0.338 e. The number of aliphatic hydroxyl groups excluding tert-OH is 7. The van der Waals surface area contributed by atoms with Gasteiger partial charge in [-0.2, -0.15) is 0 Å². The van der Waals surface area contributed by atoms with Crippen molar-refractivity contribution in [2.45, 2.75) is 238 Å². The predicted octanol–water partition coefficient (Wildman–Crippen LogP) is 6.01. The Morgan fingerprint density at radius 2 is 1.33 bits per heavy atom. The van der Waals surface area contributed by atoms with Gasteiger partial charge in [0, 0.05) is 0 Å². The molecule has 0 bridgehead atoms. The second-order valence-corrected chi connectivity index (χ2v) is 24.0. The molecule has 2 heterocycles. The monoisotopic (exact) mass is 935 g/mol. The minimum Gasteiger partial charge on any atom is -0.464 e. The maximum atomic E-state index is 14.7. The third-order valence-corrected chi connectivity index (χ3v) is 19.4. The predicted molar refractivity (Wildman–Crippen MR) is 244 cm³/mol. The van der Waals surface area contributed by atoms with Crippen LogP contribution < -0.4 is 0 Å². The van der Waals surface area contributed by atoms with Crippen molar-refractivity contribution in [2.75, 3.05) is 13.2 Å². The van der Waals surface area contributed by atoms with Crippen LogP contribution in [-0.4, -0.2) is 128 Å². The van der Waals surface area contributed by atoms with Gasteiger partial charge >= 0.3 is 11.9 Å². The lowest BCUT2D eigenvalue weighted by Gasteiger charge is -2.71. The number of aliphatic hydroxyl groups is 7. The van der Waals surface area contributed by atoms with Gasteiger partial charge in [-0.05, 0) is 115 Å². The Morgan fingerprint density at radius 1 is 0.697 bits per heavy atom. The van der Waals surface area contributed by atoms with E-state index in [2.05, 4.69) is 61.5 Å². The molecule has 7 N–H and O–H groups in total. The lowest BCUT2D eigenvalue weighted by Crippen LogP contribution is -2.66. The zero-order valence-electron chi connectivity index (χ0n) is 41.3. The molecular formula is C52H86O14. The van der Waals surface area contributed by atoms with Crippen LogP contribution >= 0.6 is 0 Å². The van der Waals surface area contributed by atoms with Crippen LogP contribution in [0.4, 0.5) is 0 Å². The molecule has 18 atom stereocenters. The molecule has 14 nitrogen and oxygen atoms in total. The van der Waals surface area contributed by atoms with Crippen LogP contribution in [0.25, 0.3) is 0 Å². The second-order valence-electron chi connectivity index (χ2n) is 24.0. The topological polar surface area (TPSA) is 222 Å². The highest BCUT2D eigenvalue weighted by molar-refractivity contribution is 5.79. The van der Waals surface area contributed by atoms with Crippen LogP contribution in [0.5, 0.6) is 0 Å². The Kier molecular flexibility index (Phi) is 15.7. The summed E-state index contributed by atoms with van der Waals surface area (Å²) in [5.41, 5.74) is -0.378. The molecule has 378 valence electrons. The van der Waals surface area contributed by atoms with Gasteiger partial charge in [-0.15, -0.1) is 0 Å². The van der Waals surface area contributed by atoms with Crippen LogP contribution in [0.15, 0.2) is 11.6 Å². The van der Waals surface area contributed by atoms with E-state index in [1.165, 1.54) is 31.3 Å². The molecule has 0 aromatic heterocycles. The number of esters is 2. The molecule has 2 saturated heterocycles. The molecule has 0 amide bonds. The van der Waals surface area contributed by atoms with E-state index in [1.807, 2.05) is 0 Å². The quantitative estimate of drug-likeness (QED) is 0.0433. The Labute approximate surface area is 393 Å². The summed E-state index contributed by atoms with van der Waals surface area (Å²) in [6.07, 6.45) is 3.43. The first-order valence-corrected chi connectivity index (χ1v) is 25.8. The highest BCUT2D eigenvalue weighted by Crippen LogP contribution is 2.76. The molecule has 66 heavy (non-hydrogen) atoms. The molecule has 5 aliphatic carbocycles. The average molecular weight is 935 g/mol. The Bertz CT molecular complexity index is 1730. The largest absolute Gasteiger partial charge is 0.464 e. The van der Waals surface area contributed by atoms with Crippen molar-refractivity contribution in [3.63, 3.8) is 0 Å². The van der Waals surface area contributed by atoms with Gasteiger partial charge in [0.1, 0.15) is 42.7 Å². The van der Waals surface area contributed by atoms with E-state index < -0.39 is 85.4 Å². The number of hydrogen-bond donors (Lipinski definition) is 7. The molecular weight excluding hydrogens is 849 g/mol. The van der Waals surface area contributed by atoms with Gasteiger partial charge in [0.15, 0.2) is 12.4 Å². The molecule has 7 aliphatic rings. The first-order valence-electron chi connectivity index (χ1n) is 25.8. The molecule has 0 aromatic rings. The Balaban J connectivity index is 1.05. The molecule has 14 heteroatoms. The average Bonchev–Trinajstić information content (AvgIpc) is 3.26. The summed E-state index contributed by atoms with van der Waals surface area (Å²) >= 11 is 0. The highest BCUT2D eigenvalue weighted by atomic mass is 16.7. The normalized spacial score (nSPS) is 46.1. The van der Waals surface area contributed by atoms with Gasteiger partial charge < -0.3 is 59.4 Å². The smallest absolute Gasteiger partial charge is 0.338 e. The molecule has 0 aromatic carbocycles. The summed E-state index contributed by atoms with van der Waals surface area (Å²) in [7, 11) is 0. The Hall–Kier alpha value is -1.72. The highest BCUT2D eigenvalue weighted by Gasteiger charge is 2.70. The first kappa shape index (κ1) is 52.1. The van der Waals surface area contributed by atoms with Crippen molar-refractivity contribution >= 4 is 11.9 Å². The molecule has 0 spiro atoms. The maximum absolute atomic E-state index is 14.7. The summed E-state index contributed by atoms with van der Waals surface area (Å²) in [4.78, 5) is 27.9. The third kappa shape index (κ3) is 9.10. The summed E-state index contributed by atoms with van der Waals surface area (Å²) in [6.45, 7) is 18.1. The van der Waals surface area contributed by atoms with Gasteiger partial charge in [0.2, 0.25) is 6.29 Å². The van der Waals surface area contributed by atoms with E-state index in [0.29, 0.717) is 31.6 Å². The van der Waals surface area contributed by atoms with E-state index in [1.54, 1.807) is 0 Å². The van der Waals surface area contributed by atoms with Gasteiger partial charge in [-0.25, -0.2) is 4.79 Å². The van der Waals surface area contributed by atoms with Gasteiger partial charge in [0.05, 0.1) is 24.7 Å². The van der Waals surface area contributed by atoms with Crippen LogP contribution in [-0.2, 0) is 33.3 Å². The lowest BCUT2D eigenvalue weighted by atomic mass is 9.33. The van der Waals surface area contributed by atoms with E-state index in [-0.39, 0.29) is 51.6 Å². The van der Waals surface area contributed by atoms with Crippen LogP contribution in [0.3, 0.4) is 0 Å². The van der Waals surface area contributed by atoms with Crippen LogP contribution in [0.2, 0.25) is 0 Å². The molecule has 6 fully saturated rings. The van der Waals surface area contributed by atoms with Crippen LogP contribution in [0.1, 0.15) is 171 Å². The van der Waals surface area contributed by atoms with E-state index in [9.17, 15) is 45.3 Å². The Morgan fingerprint density at radius 3 is 2.02 bits per heavy atom. The van der Waals surface area contributed by atoms with Gasteiger partial charge in [0.25, 0.3) is 0 Å². The minimum absolute atomic E-state index is 0.0302. The van der Waals surface area contributed by atoms with E-state index in [4.69, 9.17) is 23.7 Å². The minimum atomic E-state index is -1.67. The summed E-state index contributed by atoms with van der Waals surface area (Å²) in [5.74, 6) is -0.796. The van der Waals surface area contributed by atoms with Gasteiger partial charge in [-0.3, -0.25) is 4.79 Å². The number of carbonyl (C=O) groups excluding carboxylic acids is 2. The van der Waals surface area contributed by atoms with E-state index >= 15 is 0 Å². The first-order chi connectivity index (χ1) is 31.0. The van der Waals surface area contributed by atoms with Gasteiger partial charge in [-0.1, -0.05) is 112 Å². The number of fused-ring (bicyclic) bond motifs is 7. The molecule has 2 aliphatic heterocycles. The fourth-order valence-corrected chi connectivity index (χ4v) is 15.0. The fourth-order valence-electron chi connectivity index (χ4n) is 15.0. The van der Waals surface area contributed by atoms with E-state index in [0.717, 1.165) is 64.2 Å². The molecule has 7 rings (SSSR count). The number of hydrogen-bond acceptors (Lipinski definition) is 14. The van der Waals surface area contributed by atoms with Crippen molar-refractivity contribution < 1.29 is 69.0 Å². The number of allylic oxidation sites excluding steroid dienone is 2. The zero-order valence-corrected chi connectivity index (χ0v) is 41.3. The fraction of sp³-hybridized carbons (Fsp3) is 0.923. The summed E-state index contributed by atoms with van der Waals surface area (Å²) < 4.78 is 29.9. The number of ether oxygens (including phenoxy) is 5.